The van der Waals surface area contributed by atoms with Crippen molar-refractivity contribution in [2.24, 2.45) is 5.10 Å². The van der Waals surface area contributed by atoms with Crippen LogP contribution in [0.15, 0.2) is 82.5 Å². The molecule has 0 bridgehead atoms. The van der Waals surface area contributed by atoms with Crippen molar-refractivity contribution in [2.75, 3.05) is 5.73 Å². The number of carbonyl (C=O) groups excluding carboxylic acids is 1. The summed E-state index contributed by atoms with van der Waals surface area (Å²) in [5, 5.41) is 19.5. The maximum absolute atomic E-state index is 13.1. The van der Waals surface area contributed by atoms with Gasteiger partial charge in [-0.05, 0) is 52.6 Å². The minimum absolute atomic E-state index is 0.00443. The molecule has 0 saturated carbocycles. The number of carbonyl (C=O) groups is 1. The molecule has 0 spiro atoms. The van der Waals surface area contributed by atoms with Crippen LogP contribution in [-0.4, -0.2) is 37.4 Å². The van der Waals surface area contributed by atoms with Crippen LogP contribution in [0.3, 0.4) is 0 Å². The van der Waals surface area contributed by atoms with Gasteiger partial charge in [0.2, 0.25) is 11.6 Å². The van der Waals surface area contributed by atoms with Crippen LogP contribution in [0, 0.1) is 12.7 Å². The summed E-state index contributed by atoms with van der Waals surface area (Å²) < 4.78 is 24.8. The van der Waals surface area contributed by atoms with E-state index >= 15 is 0 Å². The summed E-state index contributed by atoms with van der Waals surface area (Å²) in [7, 11) is 0. The summed E-state index contributed by atoms with van der Waals surface area (Å²) in [5.74, 6) is -0.209. The highest BCUT2D eigenvalue weighted by atomic mass is 19.1. The van der Waals surface area contributed by atoms with Crippen LogP contribution in [0.25, 0.3) is 17.1 Å². The number of halogens is 1. The fraction of sp³-hybridized carbons (Fsp3) is 0.0769. The second-order valence-electron chi connectivity index (χ2n) is 8.22. The highest BCUT2D eigenvalue weighted by Crippen LogP contribution is 2.26. The van der Waals surface area contributed by atoms with E-state index in [-0.39, 0.29) is 29.8 Å². The van der Waals surface area contributed by atoms with Crippen LogP contribution in [0.1, 0.15) is 27.2 Å². The normalized spacial score (nSPS) is 11.1. The van der Waals surface area contributed by atoms with Crippen molar-refractivity contribution in [2.45, 2.75) is 13.5 Å². The summed E-state index contributed by atoms with van der Waals surface area (Å²) in [6, 6.07) is 20.6. The Morgan fingerprint density at radius 1 is 1.13 bits per heavy atom. The van der Waals surface area contributed by atoms with Crippen molar-refractivity contribution < 1.29 is 18.6 Å². The van der Waals surface area contributed by atoms with Crippen molar-refractivity contribution >= 4 is 17.9 Å². The quantitative estimate of drug-likeness (QED) is 0.236. The molecule has 2 aromatic heterocycles. The number of anilines is 1. The number of amides is 1. The van der Waals surface area contributed by atoms with Gasteiger partial charge in [0.15, 0.2) is 5.69 Å². The van der Waals surface area contributed by atoms with E-state index < -0.39 is 5.91 Å². The van der Waals surface area contributed by atoms with Gasteiger partial charge in [0.05, 0.1) is 6.21 Å². The molecule has 0 aliphatic heterocycles. The molecule has 11 nitrogen and oxygen atoms in total. The predicted octanol–water partition coefficient (Wildman–Crippen LogP) is 3.69. The third kappa shape index (κ3) is 5.38. The lowest BCUT2D eigenvalue weighted by Gasteiger charge is -2.07. The van der Waals surface area contributed by atoms with Crippen LogP contribution in [-0.2, 0) is 6.61 Å². The van der Waals surface area contributed by atoms with Crippen LogP contribution in [0.5, 0.6) is 5.75 Å². The molecule has 3 N–H and O–H groups in total. The number of aryl methyl sites for hydroxylation is 1. The van der Waals surface area contributed by atoms with Gasteiger partial charge in [-0.3, -0.25) is 4.79 Å². The number of ether oxygens (including phenoxy) is 1. The van der Waals surface area contributed by atoms with Gasteiger partial charge >= 0.3 is 0 Å². The molecule has 2 heterocycles. The van der Waals surface area contributed by atoms with Crippen molar-refractivity contribution in [1.29, 1.82) is 0 Å². The average Bonchev–Trinajstić information content (AvgIpc) is 3.55. The Hall–Kier alpha value is -5.39. The van der Waals surface area contributed by atoms with Crippen molar-refractivity contribution in [3.8, 4) is 22.8 Å². The maximum Gasteiger partial charge on any atom is 0.294 e. The number of nitrogens with one attached hydrogen (secondary N) is 1. The monoisotopic (exact) mass is 512 g/mol. The fourth-order valence-corrected chi connectivity index (χ4v) is 3.54. The minimum Gasteiger partial charge on any atom is -0.489 e. The summed E-state index contributed by atoms with van der Waals surface area (Å²) in [6.07, 6.45) is 1.47. The molecule has 190 valence electrons. The number of nitrogen functional groups attached to an aromatic ring is 1. The smallest absolute Gasteiger partial charge is 0.294 e. The molecule has 0 saturated heterocycles. The molecule has 0 unspecified atom stereocenters. The Kier molecular flexibility index (Phi) is 6.85. The molecule has 38 heavy (non-hydrogen) atoms. The second kappa shape index (κ2) is 10.7. The van der Waals surface area contributed by atoms with E-state index in [4.69, 9.17) is 10.5 Å². The van der Waals surface area contributed by atoms with Gasteiger partial charge in [-0.2, -0.15) is 9.78 Å². The molecule has 0 radical (unpaired) electrons. The molecule has 12 heteroatoms. The third-order valence-corrected chi connectivity index (χ3v) is 5.46. The van der Waals surface area contributed by atoms with Crippen LogP contribution in [0.2, 0.25) is 0 Å². The first-order valence-corrected chi connectivity index (χ1v) is 11.4. The summed E-state index contributed by atoms with van der Waals surface area (Å²) in [5.41, 5.74) is 11.9. The first kappa shape index (κ1) is 24.3. The molecule has 0 aliphatic carbocycles. The number of hydrogen-bond donors (Lipinski definition) is 2. The summed E-state index contributed by atoms with van der Waals surface area (Å²) >= 11 is 0. The van der Waals surface area contributed by atoms with Crippen LogP contribution >= 0.6 is 0 Å². The molecular formula is C26H21FN8O3. The maximum atomic E-state index is 13.1. The Bertz CT molecular complexity index is 1590. The Labute approximate surface area is 215 Å². The molecule has 0 atom stereocenters. The number of benzene rings is 3. The van der Waals surface area contributed by atoms with E-state index in [1.54, 1.807) is 36.4 Å². The van der Waals surface area contributed by atoms with Crippen molar-refractivity contribution in [3.05, 3.63) is 101 Å². The molecule has 3 aromatic carbocycles. The van der Waals surface area contributed by atoms with E-state index in [9.17, 15) is 9.18 Å². The zero-order chi connectivity index (χ0) is 26.5. The number of rotatable bonds is 8. The number of nitrogens with two attached hydrogens (primary N) is 1. The third-order valence-electron chi connectivity index (χ3n) is 5.46. The lowest BCUT2D eigenvalue weighted by Crippen LogP contribution is -2.19. The lowest BCUT2D eigenvalue weighted by molar-refractivity contribution is 0.0950. The Balaban J connectivity index is 1.32. The minimum atomic E-state index is -0.596. The summed E-state index contributed by atoms with van der Waals surface area (Å²) in [4.78, 5) is 13.0. The predicted molar refractivity (Wildman–Crippen MR) is 136 cm³/mol. The second-order valence-corrected chi connectivity index (χ2v) is 8.22. The molecule has 5 rings (SSSR count). The van der Waals surface area contributed by atoms with Gasteiger partial charge in [-0.25, -0.2) is 14.4 Å². The van der Waals surface area contributed by atoms with E-state index in [0.717, 1.165) is 11.1 Å². The van der Waals surface area contributed by atoms with Crippen LogP contribution in [0.4, 0.5) is 10.2 Å². The van der Waals surface area contributed by atoms with Gasteiger partial charge in [0, 0.05) is 5.56 Å². The summed E-state index contributed by atoms with van der Waals surface area (Å²) in [6.45, 7) is 2.23. The Morgan fingerprint density at radius 2 is 1.92 bits per heavy atom. The number of hydrazone groups is 1. The van der Waals surface area contributed by atoms with Gasteiger partial charge in [0.1, 0.15) is 23.9 Å². The highest BCUT2D eigenvalue weighted by molar-refractivity contribution is 5.98. The SMILES string of the molecule is Cc1ccc(-c2c(C(=O)NN=Cc3cccc(OCc4ccc(F)cc4)c3)nnn2-c2nonc2N)cc1. The highest BCUT2D eigenvalue weighted by Gasteiger charge is 2.25. The van der Waals surface area contributed by atoms with Gasteiger partial charge in [0.25, 0.3) is 5.91 Å². The number of aromatic nitrogens is 5. The average molecular weight is 513 g/mol. The first-order chi connectivity index (χ1) is 18.5. The van der Waals surface area contributed by atoms with Gasteiger partial charge in [-0.1, -0.05) is 59.3 Å². The molecule has 1 amide bonds. The largest absolute Gasteiger partial charge is 0.489 e. The van der Waals surface area contributed by atoms with E-state index in [2.05, 4.69) is 35.8 Å². The number of hydrogen-bond acceptors (Lipinski definition) is 9. The van der Waals surface area contributed by atoms with E-state index in [0.29, 0.717) is 22.6 Å². The standard InChI is InChI=1S/C26H21FN8O3/c1-16-5-9-19(10-6-16)23-22(30-34-35(23)25-24(28)32-38-33-25)26(36)31-29-14-18-3-2-4-21(13-18)37-15-17-7-11-20(27)12-8-17/h2-14H,15H2,1H3,(H2,28,32)(H,31,36). The molecular weight excluding hydrogens is 491 g/mol. The van der Waals surface area contributed by atoms with Gasteiger partial charge < -0.3 is 10.5 Å². The molecule has 0 fully saturated rings. The topological polar surface area (TPSA) is 146 Å². The zero-order valence-electron chi connectivity index (χ0n) is 20.1. The van der Waals surface area contributed by atoms with E-state index in [1.165, 1.54) is 23.0 Å². The molecule has 5 aromatic rings. The van der Waals surface area contributed by atoms with Gasteiger partial charge in [-0.15, -0.1) is 5.10 Å². The van der Waals surface area contributed by atoms with E-state index in [1.807, 2.05) is 31.2 Å². The van der Waals surface area contributed by atoms with Crippen molar-refractivity contribution in [3.63, 3.8) is 0 Å². The molecule has 0 aliphatic rings. The van der Waals surface area contributed by atoms with Crippen molar-refractivity contribution in [1.82, 2.24) is 30.7 Å². The first-order valence-electron chi connectivity index (χ1n) is 11.4. The van der Waals surface area contributed by atoms with Crippen LogP contribution < -0.4 is 15.9 Å². The fourth-order valence-electron chi connectivity index (χ4n) is 3.54. The Morgan fingerprint density at radius 3 is 2.66 bits per heavy atom. The lowest BCUT2D eigenvalue weighted by atomic mass is 10.1. The zero-order valence-corrected chi connectivity index (χ0v) is 20.1. The number of nitrogens with zero attached hydrogens (tertiary/aromatic N) is 6.